The summed E-state index contributed by atoms with van der Waals surface area (Å²) in [5, 5.41) is 0. The fourth-order valence-corrected chi connectivity index (χ4v) is 2.52. The highest BCUT2D eigenvalue weighted by atomic mass is 15.2. The van der Waals surface area contributed by atoms with E-state index in [0.29, 0.717) is 6.54 Å². The molecule has 0 saturated carbocycles. The van der Waals surface area contributed by atoms with E-state index in [9.17, 15) is 0 Å². The number of nitrogens with zero attached hydrogens (tertiary/aromatic N) is 1. The van der Waals surface area contributed by atoms with Crippen LogP contribution in [0.25, 0.3) is 0 Å². The number of likely N-dealkylation sites (N-methyl/N-ethyl adjacent to an activating group) is 1. The van der Waals surface area contributed by atoms with Crippen LogP contribution < -0.4 is 5.73 Å². The molecule has 1 aromatic rings. The van der Waals surface area contributed by atoms with Gasteiger partial charge in [-0.3, -0.25) is 4.90 Å². The molecular weight excluding hydrogens is 208 g/mol. The van der Waals surface area contributed by atoms with E-state index in [1.807, 2.05) is 0 Å². The smallest absolute Gasteiger partial charge is 0.0343 e. The summed E-state index contributed by atoms with van der Waals surface area (Å²) < 4.78 is 0. The monoisotopic (exact) mass is 234 g/mol. The zero-order valence-electron chi connectivity index (χ0n) is 11.7. The van der Waals surface area contributed by atoms with Gasteiger partial charge in [0.2, 0.25) is 0 Å². The van der Waals surface area contributed by atoms with E-state index in [-0.39, 0.29) is 5.54 Å². The molecule has 2 nitrogen and oxygen atoms in total. The molecule has 0 spiro atoms. The van der Waals surface area contributed by atoms with Gasteiger partial charge in [0.15, 0.2) is 0 Å². The van der Waals surface area contributed by atoms with Crippen LogP contribution in [0.3, 0.4) is 0 Å². The molecule has 0 amide bonds. The summed E-state index contributed by atoms with van der Waals surface area (Å²) in [4.78, 5) is 2.46. The molecule has 96 valence electrons. The lowest BCUT2D eigenvalue weighted by Crippen LogP contribution is -2.53. The molecule has 0 aliphatic heterocycles. The molecule has 2 heteroatoms. The van der Waals surface area contributed by atoms with Crippen LogP contribution in [0.1, 0.15) is 31.9 Å². The van der Waals surface area contributed by atoms with Crippen molar-refractivity contribution in [3.8, 4) is 0 Å². The Morgan fingerprint density at radius 3 is 2.24 bits per heavy atom. The highest BCUT2D eigenvalue weighted by Crippen LogP contribution is 2.21. The van der Waals surface area contributed by atoms with Crippen LogP contribution in [-0.4, -0.2) is 30.1 Å². The van der Waals surface area contributed by atoms with Crippen molar-refractivity contribution in [1.29, 1.82) is 0 Å². The second-order valence-corrected chi connectivity index (χ2v) is 4.98. The molecule has 0 aromatic heterocycles. The third kappa shape index (κ3) is 3.30. The van der Waals surface area contributed by atoms with Gasteiger partial charge in [-0.25, -0.2) is 0 Å². The van der Waals surface area contributed by atoms with Gasteiger partial charge in [0.1, 0.15) is 0 Å². The highest BCUT2D eigenvalue weighted by Gasteiger charge is 2.28. The van der Waals surface area contributed by atoms with Crippen LogP contribution >= 0.6 is 0 Å². The molecule has 0 fully saturated rings. The third-order valence-electron chi connectivity index (χ3n) is 3.80. The molecular formula is C15H26N2. The first kappa shape index (κ1) is 14.2. The third-order valence-corrected chi connectivity index (χ3v) is 3.80. The predicted octanol–water partition coefficient (Wildman–Crippen LogP) is 2.60. The molecule has 1 rings (SSSR count). The van der Waals surface area contributed by atoms with Crippen LogP contribution in [-0.2, 0) is 6.42 Å². The van der Waals surface area contributed by atoms with Crippen molar-refractivity contribution >= 4 is 0 Å². The molecule has 1 aromatic carbocycles. The minimum atomic E-state index is 0.0651. The van der Waals surface area contributed by atoms with Gasteiger partial charge in [0.25, 0.3) is 0 Å². The summed E-state index contributed by atoms with van der Waals surface area (Å²) in [5.41, 5.74) is 8.85. The summed E-state index contributed by atoms with van der Waals surface area (Å²) in [7, 11) is 0. The second kappa shape index (κ2) is 6.18. The van der Waals surface area contributed by atoms with E-state index in [1.54, 1.807) is 0 Å². The maximum atomic E-state index is 6.02. The standard InChI is InChI=1S/C15H26N2/c1-5-17(6-2)15(4,12-16)11-14-10-8-7-9-13(14)3/h7-10H,5-6,11-12,16H2,1-4H3. The van der Waals surface area contributed by atoms with Crippen molar-refractivity contribution in [3.05, 3.63) is 35.4 Å². The topological polar surface area (TPSA) is 29.3 Å². The maximum Gasteiger partial charge on any atom is 0.0343 e. The van der Waals surface area contributed by atoms with Crippen LogP contribution in [0.4, 0.5) is 0 Å². The first-order valence-electron chi connectivity index (χ1n) is 6.57. The van der Waals surface area contributed by atoms with Crippen molar-refractivity contribution in [1.82, 2.24) is 4.90 Å². The van der Waals surface area contributed by atoms with E-state index in [2.05, 4.69) is 56.9 Å². The Hall–Kier alpha value is -0.860. The highest BCUT2D eigenvalue weighted by molar-refractivity contribution is 5.27. The number of benzene rings is 1. The summed E-state index contributed by atoms with van der Waals surface area (Å²) in [5.74, 6) is 0. The minimum absolute atomic E-state index is 0.0651. The van der Waals surface area contributed by atoms with Crippen LogP contribution in [0.15, 0.2) is 24.3 Å². The van der Waals surface area contributed by atoms with Crippen molar-refractivity contribution in [3.63, 3.8) is 0 Å². The first-order valence-corrected chi connectivity index (χ1v) is 6.57. The maximum absolute atomic E-state index is 6.02. The molecule has 0 heterocycles. The number of nitrogens with two attached hydrogens (primary N) is 1. The number of aryl methyl sites for hydroxylation is 1. The zero-order chi connectivity index (χ0) is 12.9. The van der Waals surface area contributed by atoms with Gasteiger partial charge >= 0.3 is 0 Å². The van der Waals surface area contributed by atoms with Gasteiger partial charge in [-0.2, -0.15) is 0 Å². The molecule has 0 radical (unpaired) electrons. The first-order chi connectivity index (χ1) is 8.07. The van der Waals surface area contributed by atoms with Crippen molar-refractivity contribution < 1.29 is 0 Å². The fourth-order valence-electron chi connectivity index (χ4n) is 2.52. The fraction of sp³-hybridized carbons (Fsp3) is 0.600. The average molecular weight is 234 g/mol. The van der Waals surface area contributed by atoms with Crippen molar-refractivity contribution in [2.75, 3.05) is 19.6 Å². The molecule has 17 heavy (non-hydrogen) atoms. The van der Waals surface area contributed by atoms with Gasteiger partial charge in [-0.1, -0.05) is 38.1 Å². The second-order valence-electron chi connectivity index (χ2n) is 4.98. The van der Waals surface area contributed by atoms with Crippen molar-refractivity contribution in [2.24, 2.45) is 5.73 Å². The molecule has 2 N–H and O–H groups in total. The summed E-state index contributed by atoms with van der Waals surface area (Å²) in [6.45, 7) is 11.7. The Labute approximate surface area is 106 Å². The largest absolute Gasteiger partial charge is 0.329 e. The summed E-state index contributed by atoms with van der Waals surface area (Å²) in [6, 6.07) is 8.60. The Bertz CT molecular complexity index is 345. The van der Waals surface area contributed by atoms with Gasteiger partial charge in [-0.15, -0.1) is 0 Å². The molecule has 0 saturated heterocycles. The van der Waals surface area contributed by atoms with Crippen molar-refractivity contribution in [2.45, 2.75) is 39.7 Å². The normalized spacial score (nSPS) is 14.9. The van der Waals surface area contributed by atoms with Crippen LogP contribution in [0.5, 0.6) is 0 Å². The van der Waals surface area contributed by atoms with E-state index in [1.165, 1.54) is 11.1 Å². The van der Waals surface area contributed by atoms with Crippen LogP contribution in [0, 0.1) is 6.92 Å². The molecule has 0 aliphatic carbocycles. The summed E-state index contributed by atoms with van der Waals surface area (Å²) in [6.07, 6.45) is 1.03. The summed E-state index contributed by atoms with van der Waals surface area (Å²) >= 11 is 0. The Balaban J connectivity index is 2.92. The van der Waals surface area contributed by atoms with Crippen LogP contribution in [0.2, 0.25) is 0 Å². The Morgan fingerprint density at radius 1 is 1.18 bits per heavy atom. The molecule has 0 aliphatic rings. The number of hydrogen-bond acceptors (Lipinski definition) is 2. The lowest BCUT2D eigenvalue weighted by atomic mass is 9.89. The van der Waals surface area contributed by atoms with E-state index >= 15 is 0 Å². The molecule has 0 bridgehead atoms. The minimum Gasteiger partial charge on any atom is -0.329 e. The number of rotatable bonds is 6. The lowest BCUT2D eigenvalue weighted by Gasteiger charge is -2.40. The average Bonchev–Trinajstić information content (AvgIpc) is 2.33. The van der Waals surface area contributed by atoms with E-state index in [4.69, 9.17) is 5.73 Å². The van der Waals surface area contributed by atoms with Gasteiger partial charge < -0.3 is 5.73 Å². The lowest BCUT2D eigenvalue weighted by molar-refractivity contribution is 0.124. The zero-order valence-corrected chi connectivity index (χ0v) is 11.7. The van der Waals surface area contributed by atoms with E-state index < -0.39 is 0 Å². The van der Waals surface area contributed by atoms with Gasteiger partial charge in [0, 0.05) is 12.1 Å². The van der Waals surface area contributed by atoms with Gasteiger partial charge in [0.05, 0.1) is 0 Å². The quantitative estimate of drug-likeness (QED) is 0.820. The SMILES string of the molecule is CCN(CC)C(C)(CN)Cc1ccccc1C. The molecule has 1 atom stereocenters. The molecule has 1 unspecified atom stereocenters. The van der Waals surface area contributed by atoms with Gasteiger partial charge in [-0.05, 0) is 44.5 Å². The number of hydrogen-bond donors (Lipinski definition) is 1. The predicted molar refractivity (Wildman–Crippen MR) is 75.3 cm³/mol. The Kier molecular flexibility index (Phi) is 5.16. The Morgan fingerprint density at radius 2 is 1.76 bits per heavy atom. The van der Waals surface area contributed by atoms with E-state index in [0.717, 1.165) is 19.5 Å².